The molecule has 1 aromatic rings. The molecule has 0 aliphatic rings. The third kappa shape index (κ3) is 3.96. The van der Waals surface area contributed by atoms with Crippen LogP contribution in [0.25, 0.3) is 0 Å². The molecule has 2 N–H and O–H groups in total. The maximum absolute atomic E-state index is 12.1. The quantitative estimate of drug-likeness (QED) is 0.614. The van der Waals surface area contributed by atoms with Gasteiger partial charge in [0.2, 0.25) is 10.0 Å². The Morgan fingerprint density at radius 3 is 2.53 bits per heavy atom. The number of nitro benzene ring substituents is 1. The summed E-state index contributed by atoms with van der Waals surface area (Å²) >= 11 is 3.04. The summed E-state index contributed by atoms with van der Waals surface area (Å²) in [7, 11) is -3.98. The van der Waals surface area contributed by atoms with E-state index in [1.54, 1.807) is 0 Å². The highest BCUT2D eigenvalue weighted by molar-refractivity contribution is 9.10. The van der Waals surface area contributed by atoms with Crippen molar-refractivity contribution in [2.24, 2.45) is 0 Å². The first-order valence-electron chi connectivity index (χ1n) is 5.18. The van der Waals surface area contributed by atoms with Crippen LogP contribution in [-0.2, 0) is 10.0 Å². The number of rotatable bonds is 5. The van der Waals surface area contributed by atoms with Gasteiger partial charge in [0.25, 0.3) is 5.69 Å². The highest BCUT2D eigenvalue weighted by Crippen LogP contribution is 2.27. The number of sulfonamides is 1. The van der Waals surface area contributed by atoms with Gasteiger partial charge in [-0.2, -0.15) is 0 Å². The van der Waals surface area contributed by atoms with E-state index < -0.39 is 27.1 Å². The molecule has 0 saturated carbocycles. The molecule has 0 spiro atoms. The molecule has 7 nitrogen and oxygen atoms in total. The molecule has 0 unspecified atom stereocenters. The molecule has 1 aromatic carbocycles. The minimum absolute atomic E-state index is 0.208. The molecule has 0 radical (unpaired) electrons. The first-order valence-corrected chi connectivity index (χ1v) is 7.45. The van der Waals surface area contributed by atoms with E-state index in [9.17, 15) is 18.5 Å². The van der Waals surface area contributed by atoms with Crippen LogP contribution in [0.4, 0.5) is 5.69 Å². The van der Waals surface area contributed by atoms with Crippen molar-refractivity contribution in [2.75, 3.05) is 6.61 Å². The zero-order valence-corrected chi connectivity index (χ0v) is 12.7. The first kappa shape index (κ1) is 16.0. The van der Waals surface area contributed by atoms with E-state index in [4.69, 9.17) is 5.11 Å². The van der Waals surface area contributed by atoms with Crippen LogP contribution in [0, 0.1) is 10.1 Å². The molecule has 0 saturated heterocycles. The maximum atomic E-state index is 12.1. The summed E-state index contributed by atoms with van der Waals surface area (Å²) in [5, 5.41) is 19.7. The van der Waals surface area contributed by atoms with Crippen molar-refractivity contribution in [1.82, 2.24) is 4.72 Å². The van der Waals surface area contributed by atoms with Gasteiger partial charge < -0.3 is 5.11 Å². The Labute approximate surface area is 119 Å². The van der Waals surface area contributed by atoms with Gasteiger partial charge in [0, 0.05) is 16.6 Å². The lowest BCUT2D eigenvalue weighted by molar-refractivity contribution is -0.385. The van der Waals surface area contributed by atoms with Gasteiger partial charge in [-0.3, -0.25) is 10.1 Å². The molecule has 0 fully saturated rings. The Morgan fingerprint density at radius 1 is 1.47 bits per heavy atom. The van der Waals surface area contributed by atoms with Crippen LogP contribution in [0.15, 0.2) is 27.6 Å². The summed E-state index contributed by atoms with van der Waals surface area (Å²) in [6.07, 6.45) is 0. The smallest absolute Gasteiger partial charge is 0.270 e. The fourth-order valence-electron chi connectivity index (χ4n) is 1.26. The highest BCUT2D eigenvalue weighted by atomic mass is 79.9. The highest BCUT2D eigenvalue weighted by Gasteiger charge is 2.28. The lowest BCUT2D eigenvalue weighted by atomic mass is 10.1. The van der Waals surface area contributed by atoms with Crippen molar-refractivity contribution < 1.29 is 18.4 Å². The van der Waals surface area contributed by atoms with Crippen LogP contribution < -0.4 is 4.72 Å². The molecule has 0 aromatic heterocycles. The third-order valence-corrected chi connectivity index (χ3v) is 4.91. The molecular weight excluding hydrogens is 340 g/mol. The van der Waals surface area contributed by atoms with Crippen LogP contribution in [0.1, 0.15) is 13.8 Å². The first-order chi connectivity index (χ1) is 8.59. The molecule has 0 bridgehead atoms. The van der Waals surface area contributed by atoms with Crippen LogP contribution in [0.5, 0.6) is 0 Å². The third-order valence-electron chi connectivity index (χ3n) is 2.22. The van der Waals surface area contributed by atoms with E-state index in [1.165, 1.54) is 26.0 Å². The van der Waals surface area contributed by atoms with Crippen molar-refractivity contribution in [3.63, 3.8) is 0 Å². The van der Waals surface area contributed by atoms with Crippen molar-refractivity contribution in [3.8, 4) is 0 Å². The van der Waals surface area contributed by atoms with Gasteiger partial charge in [-0.05, 0) is 35.8 Å². The molecular formula is C10H13BrN2O5S. The van der Waals surface area contributed by atoms with E-state index in [0.717, 1.165) is 6.07 Å². The van der Waals surface area contributed by atoms with Crippen LogP contribution in [0.3, 0.4) is 0 Å². The van der Waals surface area contributed by atoms with Crippen LogP contribution in [-0.4, -0.2) is 30.6 Å². The summed E-state index contributed by atoms with van der Waals surface area (Å²) in [4.78, 5) is 9.74. The number of aliphatic hydroxyl groups is 1. The normalized spacial score (nSPS) is 12.4. The molecule has 1 rings (SSSR count). The fraction of sp³-hybridized carbons (Fsp3) is 0.400. The number of nitro groups is 1. The number of nitrogens with one attached hydrogen (secondary N) is 1. The summed E-state index contributed by atoms with van der Waals surface area (Å²) < 4.78 is 26.7. The molecule has 0 atom stereocenters. The maximum Gasteiger partial charge on any atom is 0.270 e. The standard InChI is InChI=1S/C10H13BrN2O5S/c1-10(2,6-14)12-19(17,18)9-5-7(13(15)16)3-4-8(9)11/h3-5,12,14H,6H2,1-2H3. The molecule has 0 amide bonds. The second-order valence-electron chi connectivity index (χ2n) is 4.52. The Balaban J connectivity index is 3.28. The van der Waals surface area contributed by atoms with Gasteiger partial charge in [-0.1, -0.05) is 0 Å². The van der Waals surface area contributed by atoms with E-state index in [2.05, 4.69) is 20.7 Å². The number of non-ortho nitro benzene ring substituents is 1. The molecule has 0 heterocycles. The second kappa shape index (κ2) is 5.53. The van der Waals surface area contributed by atoms with E-state index in [0.29, 0.717) is 0 Å². The van der Waals surface area contributed by atoms with Gasteiger partial charge in [0.1, 0.15) is 4.90 Å². The zero-order chi connectivity index (χ0) is 14.8. The van der Waals surface area contributed by atoms with Crippen LogP contribution in [0.2, 0.25) is 0 Å². The van der Waals surface area contributed by atoms with Gasteiger partial charge in [-0.25, -0.2) is 13.1 Å². The number of nitrogens with zero attached hydrogens (tertiary/aromatic N) is 1. The second-order valence-corrected chi connectivity index (χ2v) is 7.02. The minimum atomic E-state index is -3.98. The predicted molar refractivity (Wildman–Crippen MR) is 72.3 cm³/mol. The van der Waals surface area contributed by atoms with E-state index in [1.807, 2.05) is 0 Å². The minimum Gasteiger partial charge on any atom is -0.394 e. The summed E-state index contributed by atoms with van der Waals surface area (Å²) in [5.74, 6) is 0. The molecule has 106 valence electrons. The van der Waals surface area contributed by atoms with Crippen molar-refractivity contribution in [3.05, 3.63) is 32.8 Å². The monoisotopic (exact) mass is 352 g/mol. The van der Waals surface area contributed by atoms with Crippen molar-refractivity contribution in [1.29, 1.82) is 0 Å². The number of aliphatic hydroxyl groups excluding tert-OH is 1. The largest absolute Gasteiger partial charge is 0.394 e. The number of hydrogen-bond donors (Lipinski definition) is 2. The van der Waals surface area contributed by atoms with Crippen molar-refractivity contribution in [2.45, 2.75) is 24.3 Å². The Kier molecular flexibility index (Phi) is 4.67. The Hall–Kier alpha value is -1.03. The zero-order valence-electron chi connectivity index (χ0n) is 10.3. The summed E-state index contributed by atoms with van der Waals surface area (Å²) in [5.41, 5.74) is -1.39. The van der Waals surface area contributed by atoms with Gasteiger partial charge in [-0.15, -0.1) is 0 Å². The van der Waals surface area contributed by atoms with E-state index >= 15 is 0 Å². The number of halogens is 1. The topological polar surface area (TPSA) is 110 Å². The SMILES string of the molecule is CC(C)(CO)NS(=O)(=O)c1cc([N+](=O)[O-])ccc1Br. The fourth-order valence-corrected chi connectivity index (χ4v) is 3.65. The molecule has 9 heteroatoms. The molecule has 19 heavy (non-hydrogen) atoms. The average molecular weight is 353 g/mol. The summed E-state index contributed by atoms with van der Waals surface area (Å²) in [6, 6.07) is 3.44. The average Bonchev–Trinajstić information content (AvgIpc) is 2.27. The lowest BCUT2D eigenvalue weighted by Crippen LogP contribution is -2.46. The predicted octanol–water partition coefficient (Wildman–Crippen LogP) is 1.41. The van der Waals surface area contributed by atoms with Gasteiger partial charge in [0.15, 0.2) is 0 Å². The van der Waals surface area contributed by atoms with Crippen molar-refractivity contribution >= 4 is 31.6 Å². The van der Waals surface area contributed by atoms with Crippen LogP contribution >= 0.6 is 15.9 Å². The van der Waals surface area contributed by atoms with Gasteiger partial charge in [0.05, 0.1) is 17.1 Å². The molecule has 0 aliphatic heterocycles. The summed E-state index contributed by atoms with van der Waals surface area (Å²) in [6.45, 7) is 2.59. The molecule has 0 aliphatic carbocycles. The Morgan fingerprint density at radius 2 is 2.05 bits per heavy atom. The lowest BCUT2D eigenvalue weighted by Gasteiger charge is -2.23. The number of benzene rings is 1. The number of hydrogen-bond acceptors (Lipinski definition) is 5. The Bertz CT molecular complexity index is 600. The van der Waals surface area contributed by atoms with Gasteiger partial charge >= 0.3 is 0 Å². The van der Waals surface area contributed by atoms with E-state index in [-0.39, 0.29) is 15.1 Å².